The van der Waals surface area contributed by atoms with Crippen molar-refractivity contribution in [2.24, 2.45) is 0 Å². The second kappa shape index (κ2) is 5.32. The van der Waals surface area contributed by atoms with Gasteiger partial charge in [0.15, 0.2) is 0 Å². The molecule has 0 aliphatic heterocycles. The minimum Gasteiger partial charge on any atom is -0.378 e. The number of fused-ring (bicyclic) bond motifs is 1. The maximum atomic E-state index is 9.16. The summed E-state index contributed by atoms with van der Waals surface area (Å²) < 4.78 is 0. The van der Waals surface area contributed by atoms with Crippen molar-refractivity contribution in [3.8, 4) is 6.07 Å². The van der Waals surface area contributed by atoms with E-state index < -0.39 is 0 Å². The molecular weight excluding hydrogens is 266 g/mol. The van der Waals surface area contributed by atoms with Crippen LogP contribution < -0.4 is 5.32 Å². The predicted octanol–water partition coefficient (Wildman–Crippen LogP) is 4.09. The molecule has 20 heavy (non-hydrogen) atoms. The molecule has 0 amide bonds. The molecule has 0 saturated carbocycles. The summed E-state index contributed by atoms with van der Waals surface area (Å²) in [5.41, 5.74) is 2.79. The van der Waals surface area contributed by atoms with Crippen LogP contribution >= 0.6 is 11.3 Å². The highest BCUT2D eigenvalue weighted by atomic mass is 32.1. The Morgan fingerprint density at radius 1 is 1.20 bits per heavy atom. The Hall–Kier alpha value is -2.38. The lowest BCUT2D eigenvalue weighted by molar-refractivity contribution is 1.08. The van der Waals surface area contributed by atoms with Crippen molar-refractivity contribution in [2.45, 2.75) is 13.5 Å². The van der Waals surface area contributed by atoms with Crippen molar-refractivity contribution >= 4 is 27.8 Å². The van der Waals surface area contributed by atoms with Crippen LogP contribution in [-0.2, 0) is 6.54 Å². The first-order valence-corrected chi connectivity index (χ1v) is 7.22. The number of hydrogen-bond acceptors (Lipinski definition) is 4. The first-order chi connectivity index (χ1) is 9.78. The number of aromatic nitrogens is 1. The zero-order valence-electron chi connectivity index (χ0n) is 11.1. The van der Waals surface area contributed by atoms with Crippen LogP contribution in [0.4, 0.5) is 5.69 Å². The van der Waals surface area contributed by atoms with E-state index in [-0.39, 0.29) is 0 Å². The first-order valence-electron chi connectivity index (χ1n) is 6.34. The van der Waals surface area contributed by atoms with E-state index in [9.17, 15) is 0 Å². The van der Waals surface area contributed by atoms with Gasteiger partial charge >= 0.3 is 0 Å². The van der Waals surface area contributed by atoms with Crippen molar-refractivity contribution in [2.75, 3.05) is 5.32 Å². The summed E-state index contributed by atoms with van der Waals surface area (Å²) >= 11 is 1.66. The molecule has 0 radical (unpaired) electrons. The predicted molar refractivity (Wildman–Crippen MR) is 82.8 cm³/mol. The maximum Gasteiger partial charge on any atom is 0.112 e. The van der Waals surface area contributed by atoms with Crippen molar-refractivity contribution in [3.63, 3.8) is 0 Å². The molecule has 0 aliphatic carbocycles. The summed E-state index contributed by atoms with van der Waals surface area (Å²) in [6.45, 7) is 2.70. The summed E-state index contributed by atoms with van der Waals surface area (Å²) in [7, 11) is 0. The SMILES string of the molecule is Cc1csc(CNc2ccc(C#N)c3ccccc23)n1. The molecule has 1 aromatic heterocycles. The van der Waals surface area contributed by atoms with Crippen LogP contribution in [0.5, 0.6) is 0 Å². The lowest BCUT2D eigenvalue weighted by atomic mass is 10.0. The molecular formula is C16H13N3S. The van der Waals surface area contributed by atoms with Gasteiger partial charge in [0.25, 0.3) is 0 Å². The summed E-state index contributed by atoms with van der Waals surface area (Å²) in [5, 5.41) is 17.7. The van der Waals surface area contributed by atoms with E-state index in [1.807, 2.05) is 48.7 Å². The zero-order valence-corrected chi connectivity index (χ0v) is 11.9. The Balaban J connectivity index is 1.94. The van der Waals surface area contributed by atoms with Gasteiger partial charge in [-0.15, -0.1) is 11.3 Å². The fraction of sp³-hybridized carbons (Fsp3) is 0.125. The molecule has 1 heterocycles. The average molecular weight is 279 g/mol. The van der Waals surface area contributed by atoms with Gasteiger partial charge in [0.1, 0.15) is 5.01 Å². The summed E-state index contributed by atoms with van der Waals surface area (Å²) in [4.78, 5) is 4.44. The quantitative estimate of drug-likeness (QED) is 0.785. The number of rotatable bonds is 3. The molecule has 4 heteroatoms. The lowest BCUT2D eigenvalue weighted by Crippen LogP contribution is -2.00. The number of thiazole rings is 1. The van der Waals surface area contributed by atoms with E-state index in [1.54, 1.807) is 11.3 Å². The van der Waals surface area contributed by atoms with Crippen LogP contribution in [0.2, 0.25) is 0 Å². The number of nitrogens with zero attached hydrogens (tertiary/aromatic N) is 2. The Bertz CT molecular complexity index is 799. The third kappa shape index (κ3) is 2.36. The van der Waals surface area contributed by atoms with E-state index in [0.717, 1.165) is 27.2 Å². The van der Waals surface area contributed by atoms with Crippen LogP contribution in [0.15, 0.2) is 41.8 Å². The molecule has 0 atom stereocenters. The van der Waals surface area contributed by atoms with Crippen LogP contribution in [0.25, 0.3) is 10.8 Å². The Morgan fingerprint density at radius 2 is 2.00 bits per heavy atom. The Labute approximate surface area is 121 Å². The van der Waals surface area contributed by atoms with Crippen molar-refractivity contribution in [1.29, 1.82) is 5.26 Å². The first kappa shape index (κ1) is 12.6. The smallest absolute Gasteiger partial charge is 0.112 e. The summed E-state index contributed by atoms with van der Waals surface area (Å²) in [6.07, 6.45) is 0. The molecule has 1 N–H and O–H groups in total. The second-order valence-electron chi connectivity index (χ2n) is 4.55. The normalized spacial score (nSPS) is 10.4. The number of aryl methyl sites for hydroxylation is 1. The van der Waals surface area contributed by atoms with Crippen molar-refractivity contribution in [1.82, 2.24) is 4.98 Å². The zero-order chi connectivity index (χ0) is 13.9. The Kier molecular flexibility index (Phi) is 3.36. The van der Waals surface area contributed by atoms with E-state index in [0.29, 0.717) is 12.1 Å². The molecule has 98 valence electrons. The summed E-state index contributed by atoms with van der Waals surface area (Å²) in [6, 6.07) is 14.0. The van der Waals surface area contributed by atoms with Crippen LogP contribution in [0, 0.1) is 18.3 Å². The maximum absolute atomic E-state index is 9.16. The fourth-order valence-electron chi connectivity index (χ4n) is 2.21. The Morgan fingerprint density at radius 3 is 2.70 bits per heavy atom. The van der Waals surface area contributed by atoms with Crippen LogP contribution in [-0.4, -0.2) is 4.98 Å². The van der Waals surface area contributed by atoms with Gasteiger partial charge in [-0.05, 0) is 19.1 Å². The minimum absolute atomic E-state index is 0.703. The van der Waals surface area contributed by atoms with Gasteiger partial charge in [-0.1, -0.05) is 24.3 Å². The van der Waals surface area contributed by atoms with Gasteiger partial charge in [0.05, 0.1) is 18.2 Å². The average Bonchev–Trinajstić information content (AvgIpc) is 2.90. The topological polar surface area (TPSA) is 48.7 Å². The molecule has 0 bridgehead atoms. The molecule has 3 aromatic rings. The van der Waals surface area contributed by atoms with Crippen molar-refractivity contribution in [3.05, 3.63) is 58.0 Å². The molecule has 3 rings (SSSR count). The van der Waals surface area contributed by atoms with Gasteiger partial charge in [-0.3, -0.25) is 0 Å². The van der Waals surface area contributed by atoms with Gasteiger partial charge < -0.3 is 5.32 Å². The number of hydrogen-bond donors (Lipinski definition) is 1. The standard InChI is InChI=1S/C16H13N3S/c1-11-10-20-16(19-11)9-18-15-7-6-12(8-17)13-4-2-3-5-14(13)15/h2-7,10,18H,9H2,1H3. The second-order valence-corrected chi connectivity index (χ2v) is 5.50. The molecule has 0 saturated heterocycles. The number of nitrogens with one attached hydrogen (secondary N) is 1. The molecule has 0 unspecified atom stereocenters. The van der Waals surface area contributed by atoms with Gasteiger partial charge in [0, 0.05) is 27.5 Å². The van der Waals surface area contributed by atoms with Gasteiger partial charge in [-0.2, -0.15) is 5.26 Å². The molecule has 0 fully saturated rings. The third-order valence-corrected chi connectivity index (χ3v) is 4.11. The highest BCUT2D eigenvalue weighted by Crippen LogP contribution is 2.26. The van der Waals surface area contributed by atoms with E-state index in [2.05, 4.69) is 16.4 Å². The van der Waals surface area contributed by atoms with Gasteiger partial charge in [0.2, 0.25) is 0 Å². The van der Waals surface area contributed by atoms with Crippen LogP contribution in [0.1, 0.15) is 16.3 Å². The molecule has 2 aromatic carbocycles. The van der Waals surface area contributed by atoms with E-state index in [1.165, 1.54) is 0 Å². The highest BCUT2D eigenvalue weighted by Gasteiger charge is 2.06. The largest absolute Gasteiger partial charge is 0.378 e. The number of benzene rings is 2. The monoisotopic (exact) mass is 279 g/mol. The third-order valence-electron chi connectivity index (χ3n) is 3.14. The van der Waals surface area contributed by atoms with Crippen LogP contribution in [0.3, 0.4) is 0 Å². The lowest BCUT2D eigenvalue weighted by Gasteiger charge is -2.09. The van der Waals surface area contributed by atoms with Gasteiger partial charge in [-0.25, -0.2) is 4.98 Å². The molecule has 3 nitrogen and oxygen atoms in total. The number of nitriles is 1. The number of anilines is 1. The van der Waals surface area contributed by atoms with E-state index >= 15 is 0 Å². The fourth-order valence-corrected chi connectivity index (χ4v) is 2.92. The molecule has 0 spiro atoms. The van der Waals surface area contributed by atoms with E-state index in [4.69, 9.17) is 5.26 Å². The van der Waals surface area contributed by atoms with Crippen molar-refractivity contribution < 1.29 is 0 Å². The summed E-state index contributed by atoms with van der Waals surface area (Å²) in [5.74, 6) is 0. The molecule has 0 aliphatic rings. The minimum atomic E-state index is 0.703. The highest BCUT2D eigenvalue weighted by molar-refractivity contribution is 7.09.